The van der Waals surface area contributed by atoms with E-state index in [1.165, 1.54) is 5.56 Å². The van der Waals surface area contributed by atoms with Crippen molar-refractivity contribution in [1.29, 1.82) is 0 Å². The molecule has 1 aliphatic rings. The van der Waals surface area contributed by atoms with E-state index < -0.39 is 0 Å². The number of aromatic nitrogens is 2. The number of carbonyl (C=O) groups is 2. The van der Waals surface area contributed by atoms with Gasteiger partial charge in [-0.15, -0.1) is 0 Å². The highest BCUT2D eigenvalue weighted by Gasteiger charge is 2.34. The first kappa shape index (κ1) is 22.0. The van der Waals surface area contributed by atoms with Crippen LogP contribution in [0, 0.1) is 5.92 Å². The number of amides is 2. The Balaban J connectivity index is 1.40. The monoisotopic (exact) mass is 434 g/mol. The molecule has 2 aromatic carbocycles. The summed E-state index contributed by atoms with van der Waals surface area (Å²) < 4.78 is 7.48. The maximum absolute atomic E-state index is 13.0. The van der Waals surface area contributed by atoms with Gasteiger partial charge in [0.05, 0.1) is 17.0 Å². The zero-order valence-electron chi connectivity index (χ0n) is 18.5. The average Bonchev–Trinajstić information content (AvgIpc) is 3.36. The van der Waals surface area contributed by atoms with Crippen LogP contribution in [0.25, 0.3) is 11.0 Å². The summed E-state index contributed by atoms with van der Waals surface area (Å²) in [5.74, 6) is 0.0473. The lowest BCUT2D eigenvalue weighted by atomic mass is 10.1. The summed E-state index contributed by atoms with van der Waals surface area (Å²) in [6.07, 6.45) is 1.86. The van der Waals surface area contributed by atoms with Crippen molar-refractivity contribution < 1.29 is 14.3 Å². The summed E-state index contributed by atoms with van der Waals surface area (Å²) in [7, 11) is 0. The lowest BCUT2D eigenvalue weighted by molar-refractivity contribution is -0.128. The number of nitrogens with zero attached hydrogens (tertiary/aromatic N) is 3. The molecular formula is C25H30N4O3. The molecule has 1 aliphatic heterocycles. The Kier molecular flexibility index (Phi) is 7.17. The van der Waals surface area contributed by atoms with Gasteiger partial charge in [-0.2, -0.15) is 0 Å². The van der Waals surface area contributed by atoms with Crippen molar-refractivity contribution in [3.8, 4) is 0 Å². The van der Waals surface area contributed by atoms with Crippen LogP contribution in [-0.4, -0.2) is 52.6 Å². The molecule has 168 valence electrons. The molecule has 0 aliphatic carbocycles. The minimum atomic E-state index is -0.366. The topological polar surface area (TPSA) is 76.5 Å². The smallest absolute Gasteiger partial charge is 0.232 e. The lowest BCUT2D eigenvalue weighted by Gasteiger charge is -2.17. The van der Waals surface area contributed by atoms with Crippen molar-refractivity contribution in [2.75, 3.05) is 31.6 Å². The minimum absolute atomic E-state index is 0.0336. The Morgan fingerprint density at radius 1 is 1.12 bits per heavy atom. The van der Waals surface area contributed by atoms with Gasteiger partial charge in [0.15, 0.2) is 0 Å². The van der Waals surface area contributed by atoms with E-state index in [-0.39, 0.29) is 24.2 Å². The van der Waals surface area contributed by atoms with Crippen LogP contribution in [0.15, 0.2) is 54.6 Å². The van der Waals surface area contributed by atoms with Crippen molar-refractivity contribution in [2.24, 2.45) is 5.92 Å². The van der Waals surface area contributed by atoms with Crippen LogP contribution in [0.3, 0.4) is 0 Å². The van der Waals surface area contributed by atoms with E-state index in [9.17, 15) is 9.59 Å². The normalized spacial score (nSPS) is 16.1. The number of para-hydroxylation sites is 2. The Morgan fingerprint density at radius 3 is 2.72 bits per heavy atom. The molecule has 7 nitrogen and oxygen atoms in total. The summed E-state index contributed by atoms with van der Waals surface area (Å²) in [5.41, 5.74) is 3.01. The number of likely N-dealkylation sites (tertiary alicyclic amines) is 1. The molecular weight excluding hydrogens is 404 g/mol. The van der Waals surface area contributed by atoms with E-state index in [1.54, 1.807) is 4.90 Å². The fourth-order valence-corrected chi connectivity index (χ4v) is 4.15. The molecule has 2 amide bonds. The predicted octanol–water partition coefficient (Wildman–Crippen LogP) is 3.49. The zero-order valence-corrected chi connectivity index (χ0v) is 18.5. The van der Waals surface area contributed by atoms with E-state index in [2.05, 4.69) is 22.4 Å². The second kappa shape index (κ2) is 10.4. The quantitative estimate of drug-likeness (QED) is 0.496. The van der Waals surface area contributed by atoms with Crippen molar-refractivity contribution in [3.05, 3.63) is 60.2 Å². The van der Waals surface area contributed by atoms with Crippen LogP contribution < -0.4 is 5.32 Å². The number of anilines is 1. The average molecular weight is 435 g/mol. The number of aryl methyl sites for hydroxylation is 1. The highest BCUT2D eigenvalue weighted by molar-refractivity contribution is 5.97. The van der Waals surface area contributed by atoms with Gasteiger partial charge in [0.25, 0.3) is 0 Å². The third-order valence-electron chi connectivity index (χ3n) is 5.86. The molecule has 7 heteroatoms. The summed E-state index contributed by atoms with van der Waals surface area (Å²) in [4.78, 5) is 31.9. The van der Waals surface area contributed by atoms with Crippen LogP contribution in [-0.2, 0) is 27.3 Å². The maximum Gasteiger partial charge on any atom is 0.232 e. The largest absolute Gasteiger partial charge is 0.382 e. The second-order valence-corrected chi connectivity index (χ2v) is 8.09. The van der Waals surface area contributed by atoms with Crippen molar-refractivity contribution in [2.45, 2.75) is 32.7 Å². The number of imidazole rings is 1. The van der Waals surface area contributed by atoms with Crippen LogP contribution >= 0.6 is 0 Å². The molecule has 32 heavy (non-hydrogen) atoms. The highest BCUT2D eigenvalue weighted by atomic mass is 16.5. The number of hydrogen-bond donors (Lipinski definition) is 1. The number of hydrogen-bond acceptors (Lipinski definition) is 4. The molecule has 1 aromatic heterocycles. The van der Waals surface area contributed by atoms with E-state index >= 15 is 0 Å². The van der Waals surface area contributed by atoms with Crippen molar-refractivity contribution >= 4 is 28.8 Å². The summed E-state index contributed by atoms with van der Waals surface area (Å²) in [5, 5.41) is 2.99. The minimum Gasteiger partial charge on any atom is -0.382 e. The Morgan fingerprint density at radius 2 is 1.91 bits per heavy atom. The van der Waals surface area contributed by atoms with E-state index in [1.807, 2.05) is 54.0 Å². The molecule has 1 N–H and O–H groups in total. The maximum atomic E-state index is 13.0. The Labute approximate surface area is 188 Å². The van der Waals surface area contributed by atoms with Gasteiger partial charge in [-0.3, -0.25) is 14.9 Å². The van der Waals surface area contributed by atoms with Crippen LogP contribution in [0.2, 0.25) is 0 Å². The molecule has 4 rings (SSSR count). The number of carbonyl (C=O) groups excluding carboxylic acids is 2. The van der Waals surface area contributed by atoms with E-state index in [0.29, 0.717) is 38.8 Å². The third kappa shape index (κ3) is 5.16. The molecule has 1 fully saturated rings. The third-order valence-corrected chi connectivity index (χ3v) is 5.86. The highest BCUT2D eigenvalue weighted by Crippen LogP contribution is 2.23. The van der Waals surface area contributed by atoms with Gasteiger partial charge in [-0.25, -0.2) is 4.98 Å². The number of fused-ring (bicyclic) bond motifs is 1. The van der Waals surface area contributed by atoms with Crippen LogP contribution in [0.5, 0.6) is 0 Å². The Bertz CT molecular complexity index is 1060. The second-order valence-electron chi connectivity index (χ2n) is 8.09. The fourth-order valence-electron chi connectivity index (χ4n) is 4.15. The predicted molar refractivity (Wildman–Crippen MR) is 124 cm³/mol. The van der Waals surface area contributed by atoms with Gasteiger partial charge in [0, 0.05) is 39.3 Å². The van der Waals surface area contributed by atoms with Gasteiger partial charge >= 0.3 is 0 Å². The molecule has 0 spiro atoms. The van der Waals surface area contributed by atoms with E-state index in [0.717, 1.165) is 23.9 Å². The fraction of sp³-hybridized carbons (Fsp3) is 0.400. The van der Waals surface area contributed by atoms with Crippen LogP contribution in [0.4, 0.5) is 5.95 Å². The lowest BCUT2D eigenvalue weighted by Crippen LogP contribution is -2.30. The molecule has 1 unspecified atom stereocenters. The summed E-state index contributed by atoms with van der Waals surface area (Å²) in [6, 6.07) is 17.9. The van der Waals surface area contributed by atoms with Gasteiger partial charge in [0.1, 0.15) is 0 Å². The molecule has 1 saturated heterocycles. The van der Waals surface area contributed by atoms with Gasteiger partial charge in [0.2, 0.25) is 17.8 Å². The van der Waals surface area contributed by atoms with Crippen LogP contribution in [0.1, 0.15) is 25.3 Å². The first-order valence-corrected chi connectivity index (χ1v) is 11.3. The first-order chi connectivity index (χ1) is 15.7. The number of rotatable bonds is 10. The van der Waals surface area contributed by atoms with Gasteiger partial charge in [-0.1, -0.05) is 42.5 Å². The SMILES string of the molecule is CCOCCCn1c(NC(=O)C2CC(=O)N(CCc3ccccc3)C2)nc2ccccc21. The number of benzene rings is 2. The molecule has 1 atom stereocenters. The molecule has 0 radical (unpaired) electrons. The zero-order chi connectivity index (χ0) is 22.3. The summed E-state index contributed by atoms with van der Waals surface area (Å²) in [6.45, 7) is 5.09. The van der Waals surface area contributed by atoms with Crippen molar-refractivity contribution in [3.63, 3.8) is 0 Å². The number of ether oxygens (including phenoxy) is 1. The molecule has 3 aromatic rings. The Hall–Kier alpha value is -3.19. The molecule has 0 bridgehead atoms. The number of nitrogens with one attached hydrogen (secondary N) is 1. The van der Waals surface area contributed by atoms with E-state index in [4.69, 9.17) is 4.74 Å². The summed E-state index contributed by atoms with van der Waals surface area (Å²) >= 11 is 0. The first-order valence-electron chi connectivity index (χ1n) is 11.3. The standard InChI is InChI=1S/C25H30N4O3/c1-2-32-16-8-14-29-22-12-7-6-11-21(22)26-25(29)27-24(31)20-17-23(30)28(18-20)15-13-19-9-4-3-5-10-19/h3-7,9-12,20H,2,8,13-18H2,1H3,(H,26,27,31). The van der Waals surface area contributed by atoms with Gasteiger partial charge < -0.3 is 14.2 Å². The molecule has 2 heterocycles. The van der Waals surface area contributed by atoms with Gasteiger partial charge in [-0.05, 0) is 37.5 Å². The van der Waals surface area contributed by atoms with Crippen molar-refractivity contribution in [1.82, 2.24) is 14.5 Å². The molecule has 0 saturated carbocycles.